The molecule has 6 nitrogen and oxygen atoms in total. The molecule has 7 heteroatoms. The number of aliphatic hydroxyl groups is 1. The van der Waals surface area contributed by atoms with Crippen LogP contribution in [0.1, 0.15) is 34.8 Å². The molecule has 3 rings (SSSR count). The summed E-state index contributed by atoms with van der Waals surface area (Å²) in [6, 6.07) is 3.84. The Labute approximate surface area is 139 Å². The number of benzene rings is 1. The molecule has 1 heterocycles. The third kappa shape index (κ3) is 3.26. The summed E-state index contributed by atoms with van der Waals surface area (Å²) in [5, 5.41) is 16.6. The average Bonchev–Trinajstić information content (AvgIpc) is 2.96. The Hall–Kier alpha value is -2.41. The van der Waals surface area contributed by atoms with Crippen LogP contribution in [0.5, 0.6) is 5.75 Å². The van der Waals surface area contributed by atoms with Crippen molar-refractivity contribution in [1.82, 2.24) is 15.1 Å². The number of nitrogens with zero attached hydrogens (tertiary/aromatic N) is 2. The predicted molar refractivity (Wildman–Crippen MR) is 85.1 cm³/mol. The molecule has 0 radical (unpaired) electrons. The fourth-order valence-electron chi connectivity index (χ4n) is 3.01. The smallest absolute Gasteiger partial charge is 0.251 e. The largest absolute Gasteiger partial charge is 0.494 e. The van der Waals surface area contributed by atoms with Crippen molar-refractivity contribution in [3.8, 4) is 5.75 Å². The number of hydrogen-bond acceptors (Lipinski definition) is 4. The van der Waals surface area contributed by atoms with E-state index in [0.717, 1.165) is 11.6 Å². The van der Waals surface area contributed by atoms with Crippen LogP contribution in [-0.4, -0.2) is 34.0 Å². The number of ether oxygens (including phenoxy) is 1. The van der Waals surface area contributed by atoms with Gasteiger partial charge in [0.1, 0.15) is 0 Å². The van der Waals surface area contributed by atoms with E-state index in [1.807, 2.05) is 6.20 Å². The first-order valence-corrected chi connectivity index (χ1v) is 7.79. The standard InChI is InChI=1S/C17H20FN3O3/c1-21-9-12(8-19-21)16(11-5-13(22)6-11)20-17(23)10-3-4-15(24-2)14(18)7-10/h3-4,7-9,11,13,16,22H,5-6H2,1-2H3,(H,20,23). The van der Waals surface area contributed by atoms with Gasteiger partial charge in [0.05, 0.1) is 25.5 Å². The summed E-state index contributed by atoms with van der Waals surface area (Å²) in [7, 11) is 3.18. The summed E-state index contributed by atoms with van der Waals surface area (Å²) < 4.78 is 20.3. The van der Waals surface area contributed by atoms with Gasteiger partial charge in [-0.15, -0.1) is 0 Å². The zero-order chi connectivity index (χ0) is 17.3. The van der Waals surface area contributed by atoms with Gasteiger partial charge in [0, 0.05) is 24.4 Å². The van der Waals surface area contributed by atoms with Crippen molar-refractivity contribution in [2.24, 2.45) is 13.0 Å². The lowest BCUT2D eigenvalue weighted by atomic mass is 9.75. The minimum atomic E-state index is -0.581. The van der Waals surface area contributed by atoms with Crippen LogP contribution in [0.2, 0.25) is 0 Å². The van der Waals surface area contributed by atoms with Gasteiger partial charge in [0.15, 0.2) is 11.6 Å². The first-order valence-electron chi connectivity index (χ1n) is 7.79. The van der Waals surface area contributed by atoms with Crippen molar-refractivity contribution in [1.29, 1.82) is 0 Å². The molecule has 1 aromatic heterocycles. The van der Waals surface area contributed by atoms with E-state index >= 15 is 0 Å². The molecule has 2 aromatic rings. The van der Waals surface area contributed by atoms with Gasteiger partial charge < -0.3 is 15.2 Å². The van der Waals surface area contributed by atoms with Crippen LogP contribution in [0.3, 0.4) is 0 Å². The van der Waals surface area contributed by atoms with Crippen molar-refractivity contribution < 1.29 is 19.0 Å². The molecule has 0 bridgehead atoms. The number of aryl methyl sites for hydroxylation is 1. The number of methoxy groups -OCH3 is 1. The number of carbonyl (C=O) groups is 1. The second-order valence-corrected chi connectivity index (χ2v) is 6.13. The number of nitrogens with one attached hydrogen (secondary N) is 1. The topological polar surface area (TPSA) is 76.4 Å². The molecule has 128 valence electrons. The van der Waals surface area contributed by atoms with Crippen molar-refractivity contribution in [2.75, 3.05) is 7.11 Å². The van der Waals surface area contributed by atoms with Crippen LogP contribution in [0.25, 0.3) is 0 Å². The van der Waals surface area contributed by atoms with Gasteiger partial charge >= 0.3 is 0 Å². The van der Waals surface area contributed by atoms with E-state index in [1.165, 1.54) is 19.2 Å². The zero-order valence-corrected chi connectivity index (χ0v) is 13.6. The van der Waals surface area contributed by atoms with Crippen LogP contribution in [-0.2, 0) is 7.05 Å². The fourth-order valence-corrected chi connectivity index (χ4v) is 3.01. The Kier molecular flexibility index (Phi) is 4.53. The maximum absolute atomic E-state index is 13.8. The zero-order valence-electron chi connectivity index (χ0n) is 13.6. The van der Waals surface area contributed by atoms with Crippen LogP contribution in [0, 0.1) is 11.7 Å². The number of halogens is 1. The summed E-state index contributed by atoms with van der Waals surface area (Å²) >= 11 is 0. The van der Waals surface area contributed by atoms with Gasteiger partial charge in [0.25, 0.3) is 5.91 Å². The van der Waals surface area contributed by atoms with Crippen molar-refractivity contribution in [2.45, 2.75) is 25.0 Å². The van der Waals surface area contributed by atoms with Crippen LogP contribution < -0.4 is 10.1 Å². The second kappa shape index (κ2) is 6.60. The normalized spacial score (nSPS) is 21.0. The van der Waals surface area contributed by atoms with Crippen molar-refractivity contribution in [3.63, 3.8) is 0 Å². The molecule has 24 heavy (non-hydrogen) atoms. The third-order valence-corrected chi connectivity index (χ3v) is 4.41. The molecule has 1 saturated carbocycles. The molecule has 1 fully saturated rings. The van der Waals surface area contributed by atoms with E-state index in [1.54, 1.807) is 17.9 Å². The van der Waals surface area contributed by atoms with E-state index in [0.29, 0.717) is 12.8 Å². The number of rotatable bonds is 5. The highest BCUT2D eigenvalue weighted by atomic mass is 19.1. The minimum absolute atomic E-state index is 0.0949. The van der Waals surface area contributed by atoms with E-state index in [9.17, 15) is 14.3 Å². The molecule has 0 saturated heterocycles. The molecule has 1 aliphatic carbocycles. The molecule has 0 aliphatic heterocycles. The van der Waals surface area contributed by atoms with Gasteiger partial charge in [0.2, 0.25) is 0 Å². The highest BCUT2D eigenvalue weighted by molar-refractivity contribution is 5.94. The quantitative estimate of drug-likeness (QED) is 0.875. The Morgan fingerprint density at radius 1 is 1.50 bits per heavy atom. The van der Waals surface area contributed by atoms with Gasteiger partial charge in [-0.3, -0.25) is 9.48 Å². The number of aromatic nitrogens is 2. The van der Waals surface area contributed by atoms with Crippen LogP contribution in [0.15, 0.2) is 30.6 Å². The minimum Gasteiger partial charge on any atom is -0.494 e. The van der Waals surface area contributed by atoms with Crippen LogP contribution >= 0.6 is 0 Å². The second-order valence-electron chi connectivity index (χ2n) is 6.13. The number of hydrogen-bond donors (Lipinski definition) is 2. The highest BCUT2D eigenvalue weighted by Crippen LogP contribution is 2.38. The summed E-state index contributed by atoms with van der Waals surface area (Å²) in [5.41, 5.74) is 1.10. The Morgan fingerprint density at radius 2 is 2.25 bits per heavy atom. The lowest BCUT2D eigenvalue weighted by Gasteiger charge is -2.37. The average molecular weight is 333 g/mol. The molecule has 1 aliphatic rings. The maximum Gasteiger partial charge on any atom is 0.251 e. The molecule has 1 aromatic carbocycles. The summed E-state index contributed by atoms with van der Waals surface area (Å²) in [4.78, 5) is 12.5. The van der Waals surface area contributed by atoms with Gasteiger partial charge in [-0.25, -0.2) is 4.39 Å². The van der Waals surface area contributed by atoms with E-state index in [-0.39, 0.29) is 35.3 Å². The number of amides is 1. The van der Waals surface area contributed by atoms with Crippen molar-refractivity contribution >= 4 is 5.91 Å². The van der Waals surface area contributed by atoms with E-state index in [4.69, 9.17) is 4.74 Å². The monoisotopic (exact) mass is 333 g/mol. The molecular weight excluding hydrogens is 313 g/mol. The summed E-state index contributed by atoms with van der Waals surface area (Å²) in [6.45, 7) is 0. The fraction of sp³-hybridized carbons (Fsp3) is 0.412. The summed E-state index contributed by atoms with van der Waals surface area (Å²) in [6.07, 6.45) is 4.45. The molecule has 1 amide bonds. The molecular formula is C17H20FN3O3. The van der Waals surface area contributed by atoms with Gasteiger partial charge in [-0.05, 0) is 37.0 Å². The Bertz CT molecular complexity index is 740. The van der Waals surface area contributed by atoms with Crippen LogP contribution in [0.4, 0.5) is 4.39 Å². The molecule has 2 N–H and O–H groups in total. The van der Waals surface area contributed by atoms with E-state index in [2.05, 4.69) is 10.4 Å². The third-order valence-electron chi connectivity index (χ3n) is 4.41. The first-order chi connectivity index (χ1) is 11.5. The first kappa shape index (κ1) is 16.4. The summed E-state index contributed by atoms with van der Waals surface area (Å²) in [5.74, 6) is -0.720. The lowest BCUT2D eigenvalue weighted by molar-refractivity contribution is 0.0235. The Balaban J connectivity index is 1.79. The predicted octanol–water partition coefficient (Wildman–Crippen LogP) is 1.81. The van der Waals surface area contributed by atoms with Crippen molar-refractivity contribution in [3.05, 3.63) is 47.5 Å². The molecule has 1 unspecified atom stereocenters. The Morgan fingerprint density at radius 3 is 2.79 bits per heavy atom. The van der Waals surface area contributed by atoms with E-state index < -0.39 is 5.82 Å². The highest BCUT2D eigenvalue weighted by Gasteiger charge is 2.36. The number of aliphatic hydroxyl groups excluding tert-OH is 1. The van der Waals surface area contributed by atoms with Gasteiger partial charge in [-0.2, -0.15) is 5.10 Å². The lowest BCUT2D eigenvalue weighted by Crippen LogP contribution is -2.41. The SMILES string of the molecule is COc1ccc(C(=O)NC(c2cnn(C)c2)C2CC(O)C2)cc1F. The number of carbonyl (C=O) groups excluding carboxylic acids is 1. The molecule has 1 atom stereocenters. The maximum atomic E-state index is 13.8. The molecule has 0 spiro atoms. The van der Waals surface area contributed by atoms with Gasteiger partial charge in [-0.1, -0.05) is 0 Å².